The average molecular weight is 461 g/mol. The van der Waals surface area contributed by atoms with E-state index in [4.69, 9.17) is 0 Å². The van der Waals surface area contributed by atoms with E-state index in [9.17, 15) is 20.4 Å². The molecule has 188 valence electrons. The van der Waals surface area contributed by atoms with Gasteiger partial charge in [-0.05, 0) is 103 Å². The fraction of sp³-hybridized carbons (Fsp3) is 0.931. The molecule has 4 fully saturated rings. The Labute approximate surface area is 200 Å². The van der Waals surface area contributed by atoms with Gasteiger partial charge in [0, 0.05) is 5.41 Å². The fourth-order valence-electron chi connectivity index (χ4n) is 10.7. The molecule has 0 unspecified atom stereocenters. The maximum Gasteiger partial charge on any atom is 0.0902 e. The smallest absolute Gasteiger partial charge is 0.0902 e. The van der Waals surface area contributed by atoms with Crippen LogP contribution in [0.3, 0.4) is 0 Å². The van der Waals surface area contributed by atoms with Crippen molar-refractivity contribution in [2.24, 2.45) is 44.3 Å². The Balaban J connectivity index is 1.53. The molecule has 4 N–H and O–H groups in total. The van der Waals surface area contributed by atoms with Crippen LogP contribution in [0.4, 0.5) is 0 Å². The molecule has 5 aliphatic carbocycles. The van der Waals surface area contributed by atoms with E-state index < -0.39 is 17.6 Å². The lowest BCUT2D eigenvalue weighted by atomic mass is 9.34. The van der Waals surface area contributed by atoms with Crippen molar-refractivity contribution in [3.8, 4) is 0 Å². The Morgan fingerprint density at radius 1 is 0.879 bits per heavy atom. The summed E-state index contributed by atoms with van der Waals surface area (Å²) in [6, 6.07) is 0. The highest BCUT2D eigenvalue weighted by molar-refractivity contribution is 5.31. The molecule has 0 bridgehead atoms. The molecule has 0 radical (unpaired) electrons. The predicted octanol–water partition coefficient (Wildman–Crippen LogP) is 4.84. The fourth-order valence-corrected chi connectivity index (χ4v) is 10.7. The molecule has 0 aliphatic heterocycles. The Kier molecular flexibility index (Phi) is 5.38. The molecule has 33 heavy (non-hydrogen) atoms. The van der Waals surface area contributed by atoms with Crippen LogP contribution in [0, 0.1) is 44.3 Å². The van der Waals surface area contributed by atoms with E-state index >= 15 is 0 Å². The van der Waals surface area contributed by atoms with E-state index in [1.807, 2.05) is 0 Å². The van der Waals surface area contributed by atoms with Gasteiger partial charge in [-0.3, -0.25) is 0 Å². The quantitative estimate of drug-likeness (QED) is 0.445. The topological polar surface area (TPSA) is 80.9 Å². The van der Waals surface area contributed by atoms with Crippen LogP contribution >= 0.6 is 0 Å². The van der Waals surface area contributed by atoms with Crippen molar-refractivity contribution in [2.45, 2.75) is 111 Å². The van der Waals surface area contributed by atoms with Crippen LogP contribution in [0.1, 0.15) is 98.8 Å². The maximum atomic E-state index is 11.0. The molecule has 0 aromatic carbocycles. The first kappa shape index (κ1) is 24.3. The number of aliphatic hydroxyl groups excluding tert-OH is 4. The van der Waals surface area contributed by atoms with Gasteiger partial charge in [-0.15, -0.1) is 0 Å². The molecule has 0 aromatic heterocycles. The average Bonchev–Trinajstić information content (AvgIpc) is 3.05. The van der Waals surface area contributed by atoms with E-state index in [0.29, 0.717) is 23.2 Å². The molecule has 0 heterocycles. The number of fused-ring (bicyclic) bond motifs is 5. The molecule has 4 heteroatoms. The number of allylic oxidation sites excluding steroid dienone is 2. The first-order valence-electron chi connectivity index (χ1n) is 13.6. The first-order chi connectivity index (χ1) is 15.3. The lowest BCUT2D eigenvalue weighted by Crippen LogP contribution is -2.69. The summed E-state index contributed by atoms with van der Waals surface area (Å²) < 4.78 is 0. The second-order valence-corrected chi connectivity index (χ2v) is 14.6. The normalized spacial score (nSPS) is 52.6. The molecule has 0 amide bonds. The summed E-state index contributed by atoms with van der Waals surface area (Å²) in [5.74, 6) is 0.395. The van der Waals surface area contributed by atoms with Gasteiger partial charge in [0.15, 0.2) is 0 Å². The minimum absolute atomic E-state index is 0.0144. The van der Waals surface area contributed by atoms with Crippen LogP contribution < -0.4 is 0 Å². The second-order valence-electron chi connectivity index (χ2n) is 14.6. The number of hydrogen-bond acceptors (Lipinski definition) is 4. The summed E-state index contributed by atoms with van der Waals surface area (Å²) in [4.78, 5) is 0. The minimum atomic E-state index is -1.07. The van der Waals surface area contributed by atoms with E-state index in [1.165, 1.54) is 38.5 Å². The Hall–Kier alpha value is -0.420. The van der Waals surface area contributed by atoms with Gasteiger partial charge in [0.1, 0.15) is 0 Å². The van der Waals surface area contributed by atoms with Crippen LogP contribution in [0.5, 0.6) is 0 Å². The minimum Gasteiger partial charge on any atom is -0.396 e. The summed E-state index contributed by atoms with van der Waals surface area (Å²) in [5.41, 5.74) is 1.72. The van der Waals surface area contributed by atoms with E-state index in [-0.39, 0.29) is 35.4 Å². The van der Waals surface area contributed by atoms with Crippen LogP contribution in [-0.2, 0) is 0 Å². The Bertz CT molecular complexity index is 829. The molecule has 0 aromatic rings. The Morgan fingerprint density at radius 3 is 2.15 bits per heavy atom. The highest BCUT2D eigenvalue weighted by Crippen LogP contribution is 2.74. The van der Waals surface area contributed by atoms with Gasteiger partial charge in [0.25, 0.3) is 0 Å². The largest absolute Gasteiger partial charge is 0.396 e. The van der Waals surface area contributed by atoms with Gasteiger partial charge >= 0.3 is 0 Å². The zero-order chi connectivity index (χ0) is 24.1. The van der Waals surface area contributed by atoms with Crippen LogP contribution in [0.25, 0.3) is 0 Å². The summed E-state index contributed by atoms with van der Waals surface area (Å²) in [6.07, 6.45) is 12.0. The molecular weight excluding hydrogens is 412 g/mol. The van der Waals surface area contributed by atoms with Gasteiger partial charge in [-0.1, -0.05) is 46.3 Å². The number of aliphatic hydroxyl groups is 4. The third kappa shape index (κ3) is 3.02. The highest BCUT2D eigenvalue weighted by Gasteiger charge is 2.69. The van der Waals surface area contributed by atoms with Crippen molar-refractivity contribution in [3.63, 3.8) is 0 Å². The van der Waals surface area contributed by atoms with Crippen LogP contribution in [-0.4, -0.2) is 45.8 Å². The van der Waals surface area contributed by atoms with Crippen LogP contribution in [0.2, 0.25) is 0 Å². The molecule has 8 atom stereocenters. The zero-order valence-corrected chi connectivity index (χ0v) is 21.7. The van der Waals surface area contributed by atoms with Crippen molar-refractivity contribution >= 4 is 0 Å². The first-order valence-corrected chi connectivity index (χ1v) is 13.6. The van der Waals surface area contributed by atoms with Crippen molar-refractivity contribution < 1.29 is 20.4 Å². The summed E-state index contributed by atoms with van der Waals surface area (Å²) >= 11 is 0. The summed E-state index contributed by atoms with van der Waals surface area (Å²) in [7, 11) is 0. The third-order valence-corrected chi connectivity index (χ3v) is 12.7. The van der Waals surface area contributed by atoms with Gasteiger partial charge < -0.3 is 20.4 Å². The maximum absolute atomic E-state index is 11.0. The second kappa shape index (κ2) is 7.31. The monoisotopic (exact) mass is 460 g/mol. The van der Waals surface area contributed by atoms with Crippen molar-refractivity contribution in [1.29, 1.82) is 0 Å². The molecule has 5 aliphatic rings. The van der Waals surface area contributed by atoms with E-state index in [2.05, 4.69) is 40.7 Å². The van der Waals surface area contributed by atoms with E-state index in [1.54, 1.807) is 5.57 Å². The molecule has 1 spiro atoms. The van der Waals surface area contributed by atoms with Gasteiger partial charge in [-0.25, -0.2) is 0 Å². The van der Waals surface area contributed by atoms with Crippen molar-refractivity contribution in [2.75, 3.05) is 13.2 Å². The molecule has 5 rings (SSSR count). The lowest BCUT2D eigenvalue weighted by Gasteiger charge is -2.70. The lowest BCUT2D eigenvalue weighted by molar-refractivity contribution is -0.255. The van der Waals surface area contributed by atoms with Crippen LogP contribution in [0.15, 0.2) is 11.6 Å². The third-order valence-electron chi connectivity index (χ3n) is 12.7. The molecule has 4 saturated carbocycles. The summed E-state index contributed by atoms with van der Waals surface area (Å²) in [5, 5.41) is 42.7. The number of rotatable bonds is 2. The highest BCUT2D eigenvalue weighted by atomic mass is 16.3. The predicted molar refractivity (Wildman–Crippen MR) is 130 cm³/mol. The molecule has 0 saturated heterocycles. The van der Waals surface area contributed by atoms with Gasteiger partial charge in [0.05, 0.1) is 25.4 Å². The van der Waals surface area contributed by atoms with Crippen molar-refractivity contribution in [1.82, 2.24) is 0 Å². The zero-order valence-electron chi connectivity index (χ0n) is 21.7. The SMILES string of the molecule is CC1(C)CC[C@@]2(CC[C@]3(C)C(=CC[C@@H]4[C@@]5(C)C[C@@H](O)[C@H](O)C(CO)(CO)[C@@H]5CC[C@]43C)C2)C1. The molecule has 4 nitrogen and oxygen atoms in total. The Morgan fingerprint density at radius 2 is 1.55 bits per heavy atom. The number of hydrogen-bond donors (Lipinski definition) is 4. The van der Waals surface area contributed by atoms with Crippen molar-refractivity contribution in [3.05, 3.63) is 11.6 Å². The molecular formula is C29H48O4. The standard InChI is InChI=1S/C29H48O4/c1-24(2)10-12-28(16-24)13-11-26(4)19(14-28)6-7-21-25(3)15-20(32)23(33)29(17-30,18-31)22(25)8-9-27(21,26)5/h6,20-23,30-33H,7-18H2,1-5H3/t20-,21-,22-,23+,25-,26-,27-,28+/m1/s1. The summed E-state index contributed by atoms with van der Waals surface area (Å²) in [6.45, 7) is 11.7. The van der Waals surface area contributed by atoms with Gasteiger partial charge in [0.2, 0.25) is 0 Å². The van der Waals surface area contributed by atoms with E-state index in [0.717, 1.165) is 19.3 Å². The van der Waals surface area contributed by atoms with Gasteiger partial charge in [-0.2, -0.15) is 0 Å².